The predicted octanol–water partition coefficient (Wildman–Crippen LogP) is 1.53. The molecule has 1 atom stereocenters. The summed E-state index contributed by atoms with van der Waals surface area (Å²) in [7, 11) is 0. The zero-order valence-corrected chi connectivity index (χ0v) is 11.2. The molecular formula is C16H15NO4. The fourth-order valence-corrected chi connectivity index (χ4v) is 1.97. The fraction of sp³-hybridized carbons (Fsp3) is 0.125. The molecule has 0 spiro atoms. The predicted molar refractivity (Wildman–Crippen MR) is 77.9 cm³/mol. The lowest BCUT2D eigenvalue weighted by Crippen LogP contribution is -2.43. The lowest BCUT2D eigenvalue weighted by molar-refractivity contribution is -0.140. The van der Waals surface area contributed by atoms with Crippen LogP contribution in [0.1, 0.15) is 10.4 Å². The summed E-state index contributed by atoms with van der Waals surface area (Å²) in [6, 6.07) is 14.9. The van der Waals surface area contributed by atoms with Crippen molar-refractivity contribution in [1.82, 2.24) is 5.32 Å². The number of carbonyl (C=O) groups excluding carboxylic acids is 1. The number of aliphatic carboxylic acids is 1. The van der Waals surface area contributed by atoms with Crippen LogP contribution in [0.25, 0.3) is 11.1 Å². The van der Waals surface area contributed by atoms with Gasteiger partial charge in [-0.3, -0.25) is 4.79 Å². The average Bonchev–Trinajstić information content (AvgIpc) is 2.53. The van der Waals surface area contributed by atoms with Gasteiger partial charge in [-0.25, -0.2) is 4.79 Å². The lowest BCUT2D eigenvalue weighted by atomic mass is 9.99. The van der Waals surface area contributed by atoms with E-state index in [0.29, 0.717) is 11.1 Å². The maximum absolute atomic E-state index is 12.2. The van der Waals surface area contributed by atoms with Crippen LogP contribution in [0.5, 0.6) is 0 Å². The number of hydrogen-bond acceptors (Lipinski definition) is 3. The van der Waals surface area contributed by atoms with E-state index in [1.807, 2.05) is 30.3 Å². The van der Waals surface area contributed by atoms with Crippen LogP contribution < -0.4 is 5.32 Å². The maximum atomic E-state index is 12.2. The minimum absolute atomic E-state index is 0.364. The van der Waals surface area contributed by atoms with Crippen molar-refractivity contribution in [2.45, 2.75) is 6.04 Å². The molecule has 0 bridgehead atoms. The first-order valence-electron chi connectivity index (χ1n) is 6.42. The Morgan fingerprint density at radius 1 is 1.00 bits per heavy atom. The van der Waals surface area contributed by atoms with Crippen LogP contribution in [0.4, 0.5) is 0 Å². The zero-order valence-electron chi connectivity index (χ0n) is 11.2. The molecule has 2 aromatic carbocycles. The Bertz CT molecular complexity index is 640. The summed E-state index contributed by atoms with van der Waals surface area (Å²) in [6.07, 6.45) is 0. The van der Waals surface area contributed by atoms with Crippen molar-refractivity contribution in [3.63, 3.8) is 0 Å². The number of rotatable bonds is 5. The largest absolute Gasteiger partial charge is 0.480 e. The lowest BCUT2D eigenvalue weighted by Gasteiger charge is -2.14. The summed E-state index contributed by atoms with van der Waals surface area (Å²) in [6.45, 7) is -0.658. The Morgan fingerprint density at radius 3 is 2.24 bits per heavy atom. The van der Waals surface area contributed by atoms with E-state index in [1.54, 1.807) is 24.3 Å². The molecule has 2 rings (SSSR count). The minimum Gasteiger partial charge on any atom is -0.480 e. The number of hydrogen-bond donors (Lipinski definition) is 3. The Kier molecular flexibility index (Phi) is 4.68. The number of amides is 1. The highest BCUT2D eigenvalue weighted by atomic mass is 16.4. The first-order chi connectivity index (χ1) is 10.1. The number of carbonyl (C=O) groups is 2. The van der Waals surface area contributed by atoms with Gasteiger partial charge in [-0.15, -0.1) is 0 Å². The number of aliphatic hydroxyl groups is 1. The van der Waals surface area contributed by atoms with E-state index in [2.05, 4.69) is 5.32 Å². The van der Waals surface area contributed by atoms with Crippen LogP contribution in [0, 0.1) is 0 Å². The highest BCUT2D eigenvalue weighted by molar-refractivity contribution is 6.02. The van der Waals surface area contributed by atoms with Gasteiger partial charge in [-0.05, 0) is 17.2 Å². The van der Waals surface area contributed by atoms with Gasteiger partial charge in [0.05, 0.1) is 6.61 Å². The van der Waals surface area contributed by atoms with Crippen LogP contribution in [0.15, 0.2) is 54.6 Å². The molecular weight excluding hydrogens is 270 g/mol. The molecule has 108 valence electrons. The molecule has 0 fully saturated rings. The molecule has 0 heterocycles. The molecule has 1 amide bonds. The van der Waals surface area contributed by atoms with Gasteiger partial charge in [-0.1, -0.05) is 48.5 Å². The van der Waals surface area contributed by atoms with Gasteiger partial charge in [0.1, 0.15) is 0 Å². The van der Waals surface area contributed by atoms with Gasteiger partial charge in [0.15, 0.2) is 6.04 Å². The van der Waals surface area contributed by atoms with E-state index < -0.39 is 24.5 Å². The third kappa shape index (κ3) is 3.46. The number of carboxylic acids is 1. The molecule has 0 saturated carbocycles. The molecule has 5 nitrogen and oxygen atoms in total. The smallest absolute Gasteiger partial charge is 0.328 e. The number of carboxylic acid groups (broad SMARTS) is 1. The molecule has 0 radical (unpaired) electrons. The molecule has 0 aliphatic carbocycles. The second-order valence-corrected chi connectivity index (χ2v) is 4.46. The van der Waals surface area contributed by atoms with E-state index in [1.165, 1.54) is 0 Å². The van der Waals surface area contributed by atoms with Gasteiger partial charge >= 0.3 is 5.97 Å². The molecule has 3 N–H and O–H groups in total. The third-order valence-corrected chi connectivity index (χ3v) is 3.04. The van der Waals surface area contributed by atoms with Crippen LogP contribution >= 0.6 is 0 Å². The molecule has 0 saturated heterocycles. The van der Waals surface area contributed by atoms with Crippen molar-refractivity contribution in [1.29, 1.82) is 0 Å². The van der Waals surface area contributed by atoms with Crippen molar-refractivity contribution in [2.75, 3.05) is 6.61 Å². The highest BCUT2D eigenvalue weighted by Crippen LogP contribution is 2.23. The molecule has 0 unspecified atom stereocenters. The topological polar surface area (TPSA) is 86.6 Å². The van der Waals surface area contributed by atoms with Crippen molar-refractivity contribution < 1.29 is 19.8 Å². The Morgan fingerprint density at radius 2 is 1.62 bits per heavy atom. The molecule has 2 aromatic rings. The SMILES string of the molecule is O=C(N[C@@H](CO)C(=O)O)c1ccccc1-c1ccccc1. The van der Waals surface area contributed by atoms with Gasteiger partial charge in [0.2, 0.25) is 0 Å². The Hall–Kier alpha value is -2.66. The second-order valence-electron chi connectivity index (χ2n) is 4.46. The number of nitrogens with one attached hydrogen (secondary N) is 1. The highest BCUT2D eigenvalue weighted by Gasteiger charge is 2.21. The minimum atomic E-state index is -1.32. The normalized spacial score (nSPS) is 11.7. The zero-order chi connectivity index (χ0) is 15.2. The molecule has 5 heteroatoms. The summed E-state index contributed by atoms with van der Waals surface area (Å²) in [4.78, 5) is 23.1. The van der Waals surface area contributed by atoms with Gasteiger partial charge in [0.25, 0.3) is 5.91 Å². The molecule has 0 aliphatic rings. The number of benzene rings is 2. The van der Waals surface area contributed by atoms with Crippen LogP contribution in [-0.2, 0) is 4.79 Å². The second kappa shape index (κ2) is 6.67. The summed E-state index contributed by atoms with van der Waals surface area (Å²) in [5.41, 5.74) is 1.93. The summed E-state index contributed by atoms with van der Waals surface area (Å²) in [5, 5.41) is 20.2. The summed E-state index contributed by atoms with van der Waals surface area (Å²) >= 11 is 0. The van der Waals surface area contributed by atoms with Crippen LogP contribution in [0.3, 0.4) is 0 Å². The summed E-state index contributed by atoms with van der Waals surface area (Å²) < 4.78 is 0. The van der Waals surface area contributed by atoms with Crippen molar-refractivity contribution in [3.8, 4) is 11.1 Å². The third-order valence-electron chi connectivity index (χ3n) is 3.04. The first-order valence-corrected chi connectivity index (χ1v) is 6.42. The van der Waals surface area contributed by atoms with Gasteiger partial charge in [0, 0.05) is 5.56 Å². The van der Waals surface area contributed by atoms with E-state index >= 15 is 0 Å². The van der Waals surface area contributed by atoms with Gasteiger partial charge < -0.3 is 15.5 Å². The van der Waals surface area contributed by atoms with Crippen molar-refractivity contribution >= 4 is 11.9 Å². The Balaban J connectivity index is 2.32. The van der Waals surface area contributed by atoms with E-state index in [-0.39, 0.29) is 0 Å². The first kappa shape index (κ1) is 14.7. The molecule has 0 aliphatic heterocycles. The van der Waals surface area contributed by atoms with Crippen LogP contribution in [0.2, 0.25) is 0 Å². The fourth-order valence-electron chi connectivity index (χ4n) is 1.97. The quantitative estimate of drug-likeness (QED) is 0.777. The summed E-state index contributed by atoms with van der Waals surface area (Å²) in [5.74, 6) is -1.81. The standard InChI is InChI=1S/C16H15NO4/c18-10-14(16(20)21)17-15(19)13-9-5-4-8-12(13)11-6-2-1-3-7-11/h1-9,14,18H,10H2,(H,17,19)(H,20,21)/t14-/m0/s1. The maximum Gasteiger partial charge on any atom is 0.328 e. The van der Waals surface area contributed by atoms with E-state index in [4.69, 9.17) is 10.2 Å². The molecule has 21 heavy (non-hydrogen) atoms. The molecule has 0 aromatic heterocycles. The van der Waals surface area contributed by atoms with Crippen LogP contribution in [-0.4, -0.2) is 34.7 Å². The number of aliphatic hydroxyl groups excluding tert-OH is 1. The Labute approximate surface area is 121 Å². The van der Waals surface area contributed by atoms with Crippen molar-refractivity contribution in [2.24, 2.45) is 0 Å². The monoisotopic (exact) mass is 285 g/mol. The average molecular weight is 285 g/mol. The van der Waals surface area contributed by atoms with Gasteiger partial charge in [-0.2, -0.15) is 0 Å². The van der Waals surface area contributed by atoms with E-state index in [9.17, 15) is 9.59 Å². The van der Waals surface area contributed by atoms with E-state index in [0.717, 1.165) is 5.56 Å². The van der Waals surface area contributed by atoms with Crippen molar-refractivity contribution in [3.05, 3.63) is 60.2 Å².